The van der Waals surface area contributed by atoms with Gasteiger partial charge in [-0.3, -0.25) is 14.3 Å². The van der Waals surface area contributed by atoms with Crippen LogP contribution in [-0.2, 0) is 18.4 Å². The summed E-state index contributed by atoms with van der Waals surface area (Å²) in [6, 6.07) is 10.5. The minimum absolute atomic E-state index is 0.0115. The monoisotopic (exact) mass is 380 g/mol. The maximum absolute atomic E-state index is 12.5. The standard InChI is InChI=1S/C21H24N4O3/c1-4-13(2)20(27)24-17-7-5-6-14(8-17)11-22-21(28)15-9-16-12-23-25(3)19(16)18(26)10-15/h5-10,12-13,26H,4,11H2,1-3H3,(H,22,28)(H,24,27)/t13-/m0/s1. The van der Waals surface area contributed by atoms with Crippen LogP contribution >= 0.6 is 0 Å². The highest BCUT2D eigenvalue weighted by atomic mass is 16.3. The molecule has 0 radical (unpaired) electrons. The lowest BCUT2D eigenvalue weighted by molar-refractivity contribution is -0.119. The second kappa shape index (κ2) is 8.12. The van der Waals surface area contributed by atoms with Crippen molar-refractivity contribution in [2.24, 2.45) is 13.0 Å². The van der Waals surface area contributed by atoms with Gasteiger partial charge in [-0.05, 0) is 36.2 Å². The third kappa shape index (κ3) is 4.14. The number of rotatable bonds is 6. The molecule has 0 spiro atoms. The van der Waals surface area contributed by atoms with Crippen LogP contribution in [0.4, 0.5) is 5.69 Å². The average Bonchev–Trinajstić information content (AvgIpc) is 3.07. The number of phenolic OH excluding ortho intramolecular Hbond substituents is 1. The minimum Gasteiger partial charge on any atom is -0.506 e. The highest BCUT2D eigenvalue weighted by Gasteiger charge is 2.13. The molecule has 7 heteroatoms. The molecule has 1 heterocycles. The summed E-state index contributed by atoms with van der Waals surface area (Å²) < 4.78 is 1.56. The predicted octanol–water partition coefficient (Wildman–Crippen LogP) is 3.19. The van der Waals surface area contributed by atoms with Crippen molar-refractivity contribution < 1.29 is 14.7 Å². The van der Waals surface area contributed by atoms with Crippen molar-refractivity contribution in [3.8, 4) is 5.75 Å². The van der Waals surface area contributed by atoms with E-state index in [1.165, 1.54) is 6.07 Å². The molecule has 0 unspecified atom stereocenters. The molecule has 3 N–H and O–H groups in total. The molecule has 2 amide bonds. The summed E-state index contributed by atoms with van der Waals surface area (Å²) in [6.45, 7) is 4.16. The predicted molar refractivity (Wildman–Crippen MR) is 108 cm³/mol. The molecule has 0 aliphatic carbocycles. The fourth-order valence-corrected chi connectivity index (χ4v) is 2.92. The van der Waals surface area contributed by atoms with Gasteiger partial charge in [0.1, 0.15) is 11.3 Å². The summed E-state index contributed by atoms with van der Waals surface area (Å²) in [7, 11) is 1.73. The Hall–Kier alpha value is -3.35. The Morgan fingerprint density at radius 1 is 1.25 bits per heavy atom. The van der Waals surface area contributed by atoms with Crippen LogP contribution in [0, 0.1) is 5.92 Å². The van der Waals surface area contributed by atoms with Crippen LogP contribution in [0.5, 0.6) is 5.75 Å². The third-order valence-corrected chi connectivity index (χ3v) is 4.78. The summed E-state index contributed by atoms with van der Waals surface area (Å²) in [5, 5.41) is 20.7. The van der Waals surface area contributed by atoms with Crippen LogP contribution in [-0.4, -0.2) is 26.7 Å². The Morgan fingerprint density at radius 3 is 2.79 bits per heavy atom. The van der Waals surface area contributed by atoms with E-state index in [-0.39, 0.29) is 23.5 Å². The number of anilines is 1. The lowest BCUT2D eigenvalue weighted by Gasteiger charge is -2.12. The van der Waals surface area contributed by atoms with Gasteiger partial charge in [-0.25, -0.2) is 0 Å². The van der Waals surface area contributed by atoms with Crippen molar-refractivity contribution in [2.75, 3.05) is 5.32 Å². The average molecular weight is 380 g/mol. The number of phenols is 1. The summed E-state index contributed by atoms with van der Waals surface area (Å²) in [4.78, 5) is 24.5. The number of hydrogen-bond donors (Lipinski definition) is 3. The normalized spacial score (nSPS) is 12.0. The Morgan fingerprint density at radius 2 is 2.04 bits per heavy atom. The maximum Gasteiger partial charge on any atom is 0.251 e. The zero-order chi connectivity index (χ0) is 20.3. The second-order valence-corrected chi connectivity index (χ2v) is 6.88. The molecule has 0 saturated heterocycles. The van der Waals surface area contributed by atoms with Crippen molar-refractivity contribution in [1.82, 2.24) is 15.1 Å². The molecule has 1 aromatic heterocycles. The minimum atomic E-state index is -0.296. The van der Waals surface area contributed by atoms with E-state index in [2.05, 4.69) is 15.7 Å². The molecule has 0 aliphatic heterocycles. The fourth-order valence-electron chi connectivity index (χ4n) is 2.92. The number of benzene rings is 2. The Balaban J connectivity index is 1.68. The van der Waals surface area contributed by atoms with Crippen LogP contribution in [0.1, 0.15) is 36.2 Å². The smallest absolute Gasteiger partial charge is 0.251 e. The topological polar surface area (TPSA) is 96.2 Å². The number of nitrogens with zero attached hydrogens (tertiary/aromatic N) is 2. The van der Waals surface area contributed by atoms with Gasteiger partial charge in [0.2, 0.25) is 5.91 Å². The summed E-state index contributed by atoms with van der Waals surface area (Å²) in [5.41, 5.74) is 2.51. The van der Waals surface area contributed by atoms with Gasteiger partial charge in [0, 0.05) is 36.1 Å². The first-order valence-electron chi connectivity index (χ1n) is 9.21. The van der Waals surface area contributed by atoms with Crippen molar-refractivity contribution >= 4 is 28.4 Å². The van der Waals surface area contributed by atoms with E-state index in [1.807, 2.05) is 38.1 Å². The van der Waals surface area contributed by atoms with E-state index in [1.54, 1.807) is 24.0 Å². The lowest BCUT2D eigenvalue weighted by Crippen LogP contribution is -2.23. The van der Waals surface area contributed by atoms with E-state index in [9.17, 15) is 14.7 Å². The number of nitrogens with one attached hydrogen (secondary N) is 2. The molecular formula is C21H24N4O3. The van der Waals surface area contributed by atoms with Gasteiger partial charge in [0.05, 0.1) is 6.20 Å². The Kier molecular flexibility index (Phi) is 5.63. The number of fused-ring (bicyclic) bond motifs is 1. The van der Waals surface area contributed by atoms with E-state index >= 15 is 0 Å². The highest BCUT2D eigenvalue weighted by molar-refractivity contribution is 5.99. The third-order valence-electron chi connectivity index (χ3n) is 4.78. The molecule has 3 rings (SSSR count). The molecule has 28 heavy (non-hydrogen) atoms. The first-order valence-corrected chi connectivity index (χ1v) is 9.21. The number of carbonyl (C=O) groups excluding carboxylic acids is 2. The summed E-state index contributed by atoms with van der Waals surface area (Å²) in [5.74, 6) is -0.366. The molecule has 2 aromatic carbocycles. The van der Waals surface area contributed by atoms with Gasteiger partial charge >= 0.3 is 0 Å². The van der Waals surface area contributed by atoms with Gasteiger partial charge < -0.3 is 15.7 Å². The first kappa shape index (κ1) is 19.4. The lowest BCUT2D eigenvalue weighted by atomic mass is 10.1. The van der Waals surface area contributed by atoms with Crippen molar-refractivity contribution in [2.45, 2.75) is 26.8 Å². The van der Waals surface area contributed by atoms with E-state index in [0.29, 0.717) is 28.7 Å². The fraction of sp³-hybridized carbons (Fsp3) is 0.286. The van der Waals surface area contributed by atoms with Gasteiger partial charge in [-0.2, -0.15) is 5.10 Å². The number of aromatic hydroxyl groups is 1. The van der Waals surface area contributed by atoms with Crippen LogP contribution < -0.4 is 10.6 Å². The van der Waals surface area contributed by atoms with Gasteiger partial charge in [-0.15, -0.1) is 0 Å². The number of carbonyl (C=O) groups is 2. The molecule has 7 nitrogen and oxygen atoms in total. The molecule has 3 aromatic rings. The summed E-state index contributed by atoms with van der Waals surface area (Å²) in [6.07, 6.45) is 2.38. The largest absolute Gasteiger partial charge is 0.506 e. The maximum atomic E-state index is 12.5. The Labute approximate surface area is 163 Å². The number of hydrogen-bond acceptors (Lipinski definition) is 4. The Bertz CT molecular complexity index is 1030. The zero-order valence-corrected chi connectivity index (χ0v) is 16.2. The number of aromatic nitrogens is 2. The molecule has 0 bridgehead atoms. The molecular weight excluding hydrogens is 356 g/mol. The van der Waals surface area contributed by atoms with Crippen LogP contribution in [0.15, 0.2) is 42.6 Å². The number of amides is 2. The van der Waals surface area contributed by atoms with Gasteiger partial charge in [-0.1, -0.05) is 26.0 Å². The quantitative estimate of drug-likeness (QED) is 0.612. The van der Waals surface area contributed by atoms with E-state index < -0.39 is 0 Å². The molecule has 1 atom stereocenters. The van der Waals surface area contributed by atoms with Gasteiger partial charge in [0.25, 0.3) is 5.91 Å². The molecule has 0 saturated carbocycles. The van der Waals surface area contributed by atoms with Crippen LogP contribution in [0.25, 0.3) is 10.9 Å². The SMILES string of the molecule is CC[C@H](C)C(=O)Nc1cccc(CNC(=O)c2cc(O)c3c(cnn3C)c2)c1. The van der Waals surface area contributed by atoms with Crippen molar-refractivity contribution in [3.05, 3.63) is 53.7 Å². The zero-order valence-electron chi connectivity index (χ0n) is 16.2. The second-order valence-electron chi connectivity index (χ2n) is 6.88. The molecule has 146 valence electrons. The van der Waals surface area contributed by atoms with Crippen LogP contribution in [0.3, 0.4) is 0 Å². The van der Waals surface area contributed by atoms with Crippen molar-refractivity contribution in [3.63, 3.8) is 0 Å². The van der Waals surface area contributed by atoms with E-state index in [4.69, 9.17) is 0 Å². The van der Waals surface area contributed by atoms with Crippen LogP contribution in [0.2, 0.25) is 0 Å². The van der Waals surface area contributed by atoms with Gasteiger partial charge in [0.15, 0.2) is 0 Å². The molecule has 0 fully saturated rings. The summed E-state index contributed by atoms with van der Waals surface area (Å²) >= 11 is 0. The van der Waals surface area contributed by atoms with Crippen molar-refractivity contribution in [1.29, 1.82) is 0 Å². The highest BCUT2D eigenvalue weighted by Crippen LogP contribution is 2.25. The van der Waals surface area contributed by atoms with E-state index in [0.717, 1.165) is 12.0 Å². The molecule has 0 aliphatic rings. The first-order chi connectivity index (χ1) is 13.4. The number of aryl methyl sites for hydroxylation is 1.